The van der Waals surface area contributed by atoms with Gasteiger partial charge >= 0.3 is 11.9 Å². The van der Waals surface area contributed by atoms with Crippen molar-refractivity contribution >= 4 is 17.7 Å². The van der Waals surface area contributed by atoms with Gasteiger partial charge in [0.2, 0.25) is 0 Å². The van der Waals surface area contributed by atoms with Crippen molar-refractivity contribution in [1.82, 2.24) is 0 Å². The molecule has 2 N–H and O–H groups in total. The summed E-state index contributed by atoms with van der Waals surface area (Å²) in [5.41, 5.74) is -1.31. The number of rotatable bonds is 3. The predicted molar refractivity (Wildman–Crippen MR) is 96.5 cm³/mol. The number of ketones is 1. The van der Waals surface area contributed by atoms with Crippen molar-refractivity contribution < 1.29 is 34.1 Å². The van der Waals surface area contributed by atoms with Crippen LogP contribution in [0, 0.1) is 11.8 Å². The SMILES string of the molecule is C=C1C(=O)O[C@@H]2CC(C)=CCC(=O)[C@](C)(O)[C@H](O)[C@@H](OC(=O)CC(C)C)[C@@H]12. The zero-order chi connectivity index (χ0) is 20.5. The van der Waals surface area contributed by atoms with Crippen LogP contribution in [0.3, 0.4) is 0 Å². The third kappa shape index (κ3) is 4.47. The first-order valence-electron chi connectivity index (χ1n) is 9.13. The second-order valence-electron chi connectivity index (χ2n) is 8.02. The molecule has 2 aliphatic rings. The van der Waals surface area contributed by atoms with Crippen LogP contribution in [-0.2, 0) is 23.9 Å². The first-order chi connectivity index (χ1) is 12.4. The average molecular weight is 380 g/mol. The Morgan fingerprint density at radius 2 is 2.07 bits per heavy atom. The summed E-state index contributed by atoms with van der Waals surface area (Å²) in [6.07, 6.45) is -1.80. The lowest BCUT2D eigenvalue weighted by Crippen LogP contribution is -2.57. The monoisotopic (exact) mass is 380 g/mol. The summed E-state index contributed by atoms with van der Waals surface area (Å²) in [6, 6.07) is 0. The summed E-state index contributed by atoms with van der Waals surface area (Å²) in [4.78, 5) is 36.8. The molecule has 0 unspecified atom stereocenters. The minimum Gasteiger partial charge on any atom is -0.459 e. The van der Waals surface area contributed by atoms with E-state index in [0.29, 0.717) is 6.42 Å². The van der Waals surface area contributed by atoms with Crippen molar-refractivity contribution in [2.45, 2.75) is 70.9 Å². The van der Waals surface area contributed by atoms with Gasteiger partial charge in [0.05, 0.1) is 5.92 Å². The maximum atomic E-state index is 12.4. The Morgan fingerprint density at radius 1 is 1.44 bits per heavy atom. The van der Waals surface area contributed by atoms with Gasteiger partial charge in [0.15, 0.2) is 5.78 Å². The quantitative estimate of drug-likeness (QED) is 0.433. The van der Waals surface area contributed by atoms with Crippen LogP contribution >= 0.6 is 0 Å². The van der Waals surface area contributed by atoms with Gasteiger partial charge in [0.25, 0.3) is 0 Å². The molecule has 5 atom stereocenters. The number of ether oxygens (including phenoxy) is 2. The second kappa shape index (κ2) is 7.94. The summed E-state index contributed by atoms with van der Waals surface area (Å²) >= 11 is 0. The van der Waals surface area contributed by atoms with Crippen molar-refractivity contribution in [3.8, 4) is 0 Å². The Kier molecular flexibility index (Phi) is 6.27. The van der Waals surface area contributed by atoms with Gasteiger partial charge in [0.1, 0.15) is 23.9 Å². The minimum absolute atomic E-state index is 0.0157. The van der Waals surface area contributed by atoms with Crippen LogP contribution in [0.15, 0.2) is 23.8 Å². The average Bonchev–Trinajstić information content (AvgIpc) is 2.82. The first kappa shape index (κ1) is 21.3. The lowest BCUT2D eigenvalue weighted by molar-refractivity contribution is -0.183. The molecule has 0 spiro atoms. The second-order valence-corrected chi connectivity index (χ2v) is 8.02. The zero-order valence-corrected chi connectivity index (χ0v) is 16.2. The lowest BCUT2D eigenvalue weighted by atomic mass is 9.77. The van der Waals surface area contributed by atoms with Crippen molar-refractivity contribution in [2.75, 3.05) is 0 Å². The number of esters is 2. The van der Waals surface area contributed by atoms with Gasteiger partial charge in [-0.05, 0) is 19.8 Å². The molecule has 1 heterocycles. The molecule has 1 aliphatic carbocycles. The van der Waals surface area contributed by atoms with Crippen molar-refractivity contribution in [1.29, 1.82) is 0 Å². The molecule has 0 aromatic heterocycles. The number of hydrogen-bond acceptors (Lipinski definition) is 7. The molecular weight excluding hydrogens is 352 g/mol. The van der Waals surface area contributed by atoms with Gasteiger partial charge < -0.3 is 19.7 Å². The summed E-state index contributed by atoms with van der Waals surface area (Å²) in [5.74, 6) is -2.67. The smallest absolute Gasteiger partial charge is 0.334 e. The van der Waals surface area contributed by atoms with E-state index in [-0.39, 0.29) is 24.3 Å². The van der Waals surface area contributed by atoms with E-state index in [0.717, 1.165) is 5.57 Å². The molecule has 0 saturated carbocycles. The fourth-order valence-electron chi connectivity index (χ4n) is 3.45. The molecule has 0 bridgehead atoms. The largest absolute Gasteiger partial charge is 0.459 e. The van der Waals surface area contributed by atoms with E-state index >= 15 is 0 Å². The Morgan fingerprint density at radius 3 is 2.67 bits per heavy atom. The minimum atomic E-state index is -2.16. The van der Waals surface area contributed by atoms with E-state index in [9.17, 15) is 24.6 Å². The van der Waals surface area contributed by atoms with Crippen molar-refractivity contribution in [3.63, 3.8) is 0 Å². The highest BCUT2D eigenvalue weighted by atomic mass is 16.6. The van der Waals surface area contributed by atoms with Crippen LogP contribution in [-0.4, -0.2) is 51.8 Å². The number of carbonyl (C=O) groups is 3. The third-order valence-corrected chi connectivity index (χ3v) is 5.13. The predicted octanol–water partition coefficient (Wildman–Crippen LogP) is 1.46. The van der Waals surface area contributed by atoms with Crippen molar-refractivity contribution in [2.24, 2.45) is 11.8 Å². The topological polar surface area (TPSA) is 110 Å². The van der Waals surface area contributed by atoms with E-state index in [2.05, 4.69) is 6.58 Å². The van der Waals surface area contributed by atoms with Gasteiger partial charge in [-0.25, -0.2) is 4.79 Å². The van der Waals surface area contributed by atoms with E-state index in [1.807, 2.05) is 13.8 Å². The molecule has 7 heteroatoms. The highest BCUT2D eigenvalue weighted by molar-refractivity contribution is 5.92. The summed E-state index contributed by atoms with van der Waals surface area (Å²) in [5, 5.41) is 21.5. The molecule has 1 saturated heterocycles. The summed E-state index contributed by atoms with van der Waals surface area (Å²) < 4.78 is 10.9. The standard InChI is InChI=1S/C20H28O7/c1-10(2)8-15(22)27-17-16-12(4)19(24)26-13(16)9-11(3)6-7-14(21)20(5,25)18(17)23/h6,10,13,16-18,23,25H,4,7-9H2,1-3,5H3/t13-,16+,17+,18-,20+/m1/s1. The van der Waals surface area contributed by atoms with Gasteiger partial charge in [-0.1, -0.05) is 32.1 Å². The molecular formula is C20H28O7. The van der Waals surface area contributed by atoms with Crippen LogP contribution in [0.5, 0.6) is 0 Å². The number of Topliss-reactive ketones (excluding diaryl/α,β-unsaturated/α-hetero) is 1. The number of hydrogen-bond donors (Lipinski definition) is 2. The van der Waals surface area contributed by atoms with Gasteiger partial charge in [0, 0.05) is 24.8 Å². The Balaban J connectivity index is 2.48. The van der Waals surface area contributed by atoms with Crippen LogP contribution in [0.25, 0.3) is 0 Å². The molecule has 0 radical (unpaired) electrons. The highest BCUT2D eigenvalue weighted by Crippen LogP contribution is 2.39. The maximum absolute atomic E-state index is 12.4. The zero-order valence-electron chi connectivity index (χ0n) is 16.2. The van der Waals surface area contributed by atoms with E-state index in [4.69, 9.17) is 9.47 Å². The number of allylic oxidation sites excluding steroid dienone is 1. The fourth-order valence-corrected chi connectivity index (χ4v) is 3.45. The number of aliphatic hydroxyl groups excluding tert-OH is 1. The molecule has 7 nitrogen and oxygen atoms in total. The highest BCUT2D eigenvalue weighted by Gasteiger charge is 2.53. The lowest BCUT2D eigenvalue weighted by Gasteiger charge is -2.37. The Labute approximate surface area is 159 Å². The third-order valence-electron chi connectivity index (χ3n) is 5.13. The van der Waals surface area contributed by atoms with E-state index in [1.165, 1.54) is 6.92 Å². The number of aliphatic hydroxyl groups is 2. The molecule has 2 rings (SSSR count). The molecule has 0 amide bonds. The van der Waals surface area contributed by atoms with E-state index < -0.39 is 47.6 Å². The fraction of sp³-hybridized carbons (Fsp3) is 0.650. The Hall–Kier alpha value is -1.99. The molecule has 1 fully saturated rings. The summed E-state index contributed by atoms with van der Waals surface area (Å²) in [7, 11) is 0. The van der Waals surface area contributed by atoms with Crippen LogP contribution in [0.4, 0.5) is 0 Å². The summed E-state index contributed by atoms with van der Waals surface area (Å²) in [6.45, 7) is 10.4. The molecule has 1 aliphatic heterocycles. The van der Waals surface area contributed by atoms with Crippen LogP contribution < -0.4 is 0 Å². The van der Waals surface area contributed by atoms with Gasteiger partial charge in [-0.2, -0.15) is 0 Å². The molecule has 27 heavy (non-hydrogen) atoms. The number of fused-ring (bicyclic) bond motifs is 1. The first-order valence-corrected chi connectivity index (χ1v) is 9.13. The van der Waals surface area contributed by atoms with Crippen LogP contribution in [0.1, 0.15) is 47.0 Å². The normalized spacial score (nSPS) is 34.8. The Bertz CT molecular complexity index is 674. The van der Waals surface area contributed by atoms with Gasteiger partial charge in [-0.3, -0.25) is 9.59 Å². The maximum Gasteiger partial charge on any atom is 0.334 e. The molecule has 0 aromatic carbocycles. The molecule has 0 aromatic rings. The van der Waals surface area contributed by atoms with E-state index in [1.54, 1.807) is 13.0 Å². The number of carbonyl (C=O) groups excluding carboxylic acids is 3. The van der Waals surface area contributed by atoms with Crippen molar-refractivity contribution in [3.05, 3.63) is 23.8 Å². The van der Waals surface area contributed by atoms with Gasteiger partial charge in [-0.15, -0.1) is 0 Å². The van der Waals surface area contributed by atoms with Crippen LogP contribution in [0.2, 0.25) is 0 Å². The molecule has 150 valence electrons.